The van der Waals surface area contributed by atoms with Crippen LogP contribution >= 0.6 is 0 Å². The lowest BCUT2D eigenvalue weighted by molar-refractivity contribution is 0.380. The van der Waals surface area contributed by atoms with Gasteiger partial charge in [0.15, 0.2) is 5.96 Å². The zero-order valence-electron chi connectivity index (χ0n) is 16.5. The number of benzene rings is 2. The van der Waals surface area contributed by atoms with Crippen LogP contribution < -0.4 is 10.6 Å². The number of piperazine rings is 1. The summed E-state index contributed by atoms with van der Waals surface area (Å²) in [5.41, 5.74) is 10.6. The first-order valence-corrected chi connectivity index (χ1v) is 9.72. The molecule has 0 saturated carbocycles. The maximum atomic E-state index is 13.1. The molecule has 0 amide bonds. The van der Waals surface area contributed by atoms with Gasteiger partial charge >= 0.3 is 0 Å². The van der Waals surface area contributed by atoms with Gasteiger partial charge in [-0.3, -0.25) is 4.68 Å². The third-order valence-electron chi connectivity index (χ3n) is 5.24. The van der Waals surface area contributed by atoms with E-state index in [1.54, 1.807) is 4.68 Å². The fraction of sp³-hybridized carbons (Fsp3) is 0.273. The molecular weight excluding hydrogens is 367 g/mol. The minimum Gasteiger partial charge on any atom is -0.370 e. The Morgan fingerprint density at radius 3 is 2.48 bits per heavy atom. The normalized spacial score (nSPS) is 15.0. The van der Waals surface area contributed by atoms with E-state index in [0.29, 0.717) is 12.5 Å². The van der Waals surface area contributed by atoms with Gasteiger partial charge in [-0.05, 0) is 35.4 Å². The largest absolute Gasteiger partial charge is 0.370 e. The molecule has 3 aromatic rings. The maximum absolute atomic E-state index is 13.1. The van der Waals surface area contributed by atoms with E-state index in [0.717, 1.165) is 48.6 Å². The van der Waals surface area contributed by atoms with Crippen LogP contribution in [-0.4, -0.2) is 46.8 Å². The molecule has 0 unspecified atom stereocenters. The third kappa shape index (κ3) is 4.39. The van der Waals surface area contributed by atoms with Crippen molar-refractivity contribution >= 4 is 11.6 Å². The van der Waals surface area contributed by atoms with Crippen molar-refractivity contribution < 1.29 is 4.39 Å². The van der Waals surface area contributed by atoms with Crippen molar-refractivity contribution in [1.82, 2.24) is 14.7 Å². The molecule has 6 nitrogen and oxygen atoms in total. The molecule has 4 rings (SSSR count). The minimum absolute atomic E-state index is 0.213. The first kappa shape index (κ1) is 19.0. The lowest BCUT2D eigenvalue weighted by Crippen LogP contribution is -2.51. The van der Waals surface area contributed by atoms with Crippen LogP contribution in [0.1, 0.15) is 5.56 Å². The molecule has 0 atom stereocenters. The molecule has 7 heteroatoms. The lowest BCUT2D eigenvalue weighted by Gasteiger charge is -2.36. The van der Waals surface area contributed by atoms with Crippen molar-refractivity contribution in [2.75, 3.05) is 31.1 Å². The van der Waals surface area contributed by atoms with Crippen molar-refractivity contribution in [3.63, 3.8) is 0 Å². The van der Waals surface area contributed by atoms with E-state index in [4.69, 9.17) is 5.73 Å². The number of hydrogen-bond donors (Lipinski definition) is 1. The Kier molecular flexibility index (Phi) is 5.46. The van der Waals surface area contributed by atoms with Crippen molar-refractivity contribution in [2.24, 2.45) is 17.8 Å². The van der Waals surface area contributed by atoms with Crippen molar-refractivity contribution in [2.45, 2.75) is 6.54 Å². The van der Waals surface area contributed by atoms with E-state index >= 15 is 0 Å². The second kappa shape index (κ2) is 8.34. The number of guanidine groups is 1. The van der Waals surface area contributed by atoms with E-state index in [9.17, 15) is 4.39 Å². The maximum Gasteiger partial charge on any atom is 0.191 e. The molecular formula is C22H25FN6. The molecule has 1 aliphatic heterocycles. The van der Waals surface area contributed by atoms with E-state index < -0.39 is 0 Å². The molecule has 0 bridgehead atoms. The third-order valence-corrected chi connectivity index (χ3v) is 5.24. The number of aryl methyl sites for hydroxylation is 1. The van der Waals surface area contributed by atoms with E-state index in [1.165, 1.54) is 12.1 Å². The van der Waals surface area contributed by atoms with Crippen LogP contribution in [0.5, 0.6) is 0 Å². The summed E-state index contributed by atoms with van der Waals surface area (Å²) >= 11 is 0. The highest BCUT2D eigenvalue weighted by Crippen LogP contribution is 2.24. The number of hydrogen-bond acceptors (Lipinski definition) is 3. The molecule has 150 valence electrons. The van der Waals surface area contributed by atoms with Gasteiger partial charge in [-0.1, -0.05) is 24.3 Å². The fourth-order valence-corrected chi connectivity index (χ4v) is 3.61. The summed E-state index contributed by atoms with van der Waals surface area (Å²) < 4.78 is 14.9. The van der Waals surface area contributed by atoms with Gasteiger partial charge in [0.2, 0.25) is 0 Å². The molecule has 0 spiro atoms. The van der Waals surface area contributed by atoms with Crippen LogP contribution in [0.4, 0.5) is 10.1 Å². The summed E-state index contributed by atoms with van der Waals surface area (Å²) in [5, 5.41) is 4.26. The van der Waals surface area contributed by atoms with Crippen LogP contribution in [0.25, 0.3) is 11.1 Å². The summed E-state index contributed by atoms with van der Waals surface area (Å²) in [7, 11) is 1.91. The quantitative estimate of drug-likeness (QED) is 0.548. The van der Waals surface area contributed by atoms with Crippen LogP contribution in [0, 0.1) is 5.82 Å². The molecule has 1 aromatic heterocycles. The SMILES string of the molecule is Cn1cc(-c2ccccc2CN=C(N)N2CCN(c3ccc(F)cc3)CC2)cn1. The molecule has 0 aliphatic carbocycles. The summed E-state index contributed by atoms with van der Waals surface area (Å²) in [6.07, 6.45) is 3.86. The van der Waals surface area contributed by atoms with Crippen LogP contribution in [-0.2, 0) is 13.6 Å². The predicted octanol–water partition coefficient (Wildman–Crippen LogP) is 2.86. The van der Waals surface area contributed by atoms with Crippen LogP contribution in [0.15, 0.2) is 65.9 Å². The second-order valence-electron chi connectivity index (χ2n) is 7.18. The standard InChI is InChI=1S/C22H25FN6/c1-27-16-18(15-26-27)21-5-3-2-4-17(21)14-25-22(24)29-12-10-28(11-13-29)20-8-6-19(23)7-9-20/h2-9,15-16H,10-14H2,1H3,(H2,24,25). The Morgan fingerprint density at radius 1 is 1.07 bits per heavy atom. The van der Waals surface area contributed by atoms with Gasteiger partial charge in [0.05, 0.1) is 12.7 Å². The highest BCUT2D eigenvalue weighted by atomic mass is 19.1. The Hall–Kier alpha value is -3.35. The molecule has 29 heavy (non-hydrogen) atoms. The molecule has 1 aliphatic rings. The predicted molar refractivity (Wildman–Crippen MR) is 114 cm³/mol. The zero-order valence-corrected chi connectivity index (χ0v) is 16.5. The van der Waals surface area contributed by atoms with Crippen molar-refractivity contribution in [3.8, 4) is 11.1 Å². The average Bonchev–Trinajstić information content (AvgIpc) is 3.19. The molecule has 1 fully saturated rings. The molecule has 0 radical (unpaired) electrons. The number of aliphatic imine (C=N–C) groups is 1. The van der Waals surface area contributed by atoms with Gasteiger partial charge in [0, 0.05) is 50.7 Å². The van der Waals surface area contributed by atoms with E-state index in [1.807, 2.05) is 43.7 Å². The molecule has 2 N–H and O–H groups in total. The Morgan fingerprint density at radius 2 is 1.79 bits per heavy atom. The summed E-state index contributed by atoms with van der Waals surface area (Å²) in [5.74, 6) is 0.347. The fourth-order valence-electron chi connectivity index (χ4n) is 3.61. The summed E-state index contributed by atoms with van der Waals surface area (Å²) in [4.78, 5) is 8.99. The topological polar surface area (TPSA) is 62.7 Å². The number of aromatic nitrogens is 2. The number of nitrogens with two attached hydrogens (primary N) is 1. The highest BCUT2D eigenvalue weighted by Gasteiger charge is 2.18. The Balaban J connectivity index is 1.40. The number of rotatable bonds is 4. The average molecular weight is 392 g/mol. The van der Waals surface area contributed by atoms with E-state index in [2.05, 4.69) is 32.0 Å². The molecule has 2 heterocycles. The number of nitrogens with zero attached hydrogens (tertiary/aromatic N) is 5. The van der Waals surface area contributed by atoms with Crippen molar-refractivity contribution in [3.05, 3.63) is 72.3 Å². The van der Waals surface area contributed by atoms with E-state index in [-0.39, 0.29) is 5.82 Å². The second-order valence-corrected chi connectivity index (χ2v) is 7.18. The Labute approximate surface area is 170 Å². The molecule has 1 saturated heterocycles. The molecule has 2 aromatic carbocycles. The Bertz CT molecular complexity index is 987. The summed E-state index contributed by atoms with van der Waals surface area (Å²) in [6, 6.07) is 14.8. The number of anilines is 1. The van der Waals surface area contributed by atoms with Gasteiger partial charge in [-0.15, -0.1) is 0 Å². The van der Waals surface area contributed by atoms with Crippen LogP contribution in [0.3, 0.4) is 0 Å². The van der Waals surface area contributed by atoms with Crippen molar-refractivity contribution in [1.29, 1.82) is 0 Å². The first-order chi connectivity index (χ1) is 14.1. The smallest absolute Gasteiger partial charge is 0.191 e. The summed E-state index contributed by atoms with van der Waals surface area (Å²) in [6.45, 7) is 3.76. The van der Waals surface area contributed by atoms with Gasteiger partial charge in [-0.25, -0.2) is 9.38 Å². The zero-order chi connectivity index (χ0) is 20.2. The minimum atomic E-state index is -0.213. The van der Waals surface area contributed by atoms with Gasteiger partial charge < -0.3 is 15.5 Å². The first-order valence-electron chi connectivity index (χ1n) is 9.72. The van der Waals surface area contributed by atoms with Crippen LogP contribution in [0.2, 0.25) is 0 Å². The van der Waals surface area contributed by atoms with Gasteiger partial charge in [0.1, 0.15) is 5.82 Å². The number of halogens is 1. The van der Waals surface area contributed by atoms with Gasteiger partial charge in [0.25, 0.3) is 0 Å². The van der Waals surface area contributed by atoms with Gasteiger partial charge in [-0.2, -0.15) is 5.10 Å². The highest BCUT2D eigenvalue weighted by molar-refractivity contribution is 5.78. The lowest BCUT2D eigenvalue weighted by atomic mass is 10.0. The monoisotopic (exact) mass is 392 g/mol.